The normalized spacial score (nSPS) is 11.2. The van der Waals surface area contributed by atoms with Crippen molar-refractivity contribution < 1.29 is 14.3 Å². The third kappa shape index (κ3) is 3.33. The molecule has 3 nitrogen and oxygen atoms in total. The second-order valence-corrected chi connectivity index (χ2v) is 3.83. The zero-order valence-electron chi connectivity index (χ0n) is 10.3. The molecule has 0 aliphatic carbocycles. The maximum absolute atomic E-state index is 11.8. The van der Waals surface area contributed by atoms with E-state index >= 15 is 0 Å². The summed E-state index contributed by atoms with van der Waals surface area (Å²) in [5.74, 6) is -0.442. The summed E-state index contributed by atoms with van der Waals surface area (Å²) in [5.41, 5.74) is -0.909. The predicted molar refractivity (Wildman–Crippen MR) is 59.6 cm³/mol. The average molecular weight is 214 g/mol. The van der Waals surface area contributed by atoms with Crippen molar-refractivity contribution in [3.63, 3.8) is 0 Å². The van der Waals surface area contributed by atoms with Gasteiger partial charge in [-0.2, -0.15) is 0 Å². The van der Waals surface area contributed by atoms with Gasteiger partial charge in [-0.15, -0.1) is 0 Å². The fraction of sp³-hybridized carbons (Fsp3) is 0.833. The van der Waals surface area contributed by atoms with Crippen molar-refractivity contribution in [2.45, 2.75) is 53.4 Å². The van der Waals surface area contributed by atoms with Crippen molar-refractivity contribution >= 4 is 11.8 Å². The molecule has 0 saturated carbocycles. The fourth-order valence-electron chi connectivity index (χ4n) is 1.63. The average Bonchev–Trinajstić information content (AvgIpc) is 2.20. The number of unbranched alkanes of at least 4 members (excludes halogenated alkanes) is 1. The van der Waals surface area contributed by atoms with Crippen LogP contribution in [0.25, 0.3) is 0 Å². The van der Waals surface area contributed by atoms with E-state index in [9.17, 15) is 9.59 Å². The predicted octanol–water partition coefficient (Wildman–Crippen LogP) is 2.73. The minimum absolute atomic E-state index is 0.0889. The first kappa shape index (κ1) is 14.1. The number of hydrogen-bond acceptors (Lipinski definition) is 3. The zero-order valence-corrected chi connectivity index (χ0v) is 10.3. The molecule has 0 N–H and O–H groups in total. The Morgan fingerprint density at radius 1 is 1.13 bits per heavy atom. The summed E-state index contributed by atoms with van der Waals surface area (Å²) in [4.78, 5) is 23.3. The van der Waals surface area contributed by atoms with Crippen LogP contribution in [-0.2, 0) is 14.3 Å². The van der Waals surface area contributed by atoms with E-state index in [0.29, 0.717) is 19.4 Å². The highest BCUT2D eigenvalue weighted by molar-refractivity contribution is 6.02. The molecule has 0 aliphatic heterocycles. The van der Waals surface area contributed by atoms with Crippen molar-refractivity contribution in [2.24, 2.45) is 5.41 Å². The van der Waals surface area contributed by atoms with Gasteiger partial charge in [0.25, 0.3) is 0 Å². The molecule has 0 atom stereocenters. The van der Waals surface area contributed by atoms with Crippen LogP contribution in [0.15, 0.2) is 0 Å². The van der Waals surface area contributed by atoms with Crippen LogP contribution in [0.5, 0.6) is 0 Å². The molecule has 0 aromatic heterocycles. The largest absolute Gasteiger partial charge is 0.465 e. The summed E-state index contributed by atoms with van der Waals surface area (Å²) < 4.78 is 5.13. The molecule has 0 aromatic rings. The molecule has 0 aromatic carbocycles. The fourth-order valence-corrected chi connectivity index (χ4v) is 1.63. The maximum atomic E-state index is 11.8. The lowest BCUT2D eigenvalue weighted by Crippen LogP contribution is -2.38. The molecule has 15 heavy (non-hydrogen) atoms. The van der Waals surface area contributed by atoms with Crippen LogP contribution < -0.4 is 0 Å². The minimum Gasteiger partial charge on any atom is -0.465 e. The SMILES string of the molecule is CCCCOC(=O)C(CC)(CC)C(C)=O. The van der Waals surface area contributed by atoms with E-state index < -0.39 is 5.41 Å². The summed E-state index contributed by atoms with van der Waals surface area (Å²) in [5, 5.41) is 0. The molecule has 0 fully saturated rings. The Morgan fingerprint density at radius 2 is 1.67 bits per heavy atom. The highest BCUT2D eigenvalue weighted by Crippen LogP contribution is 2.29. The Morgan fingerprint density at radius 3 is 2.00 bits per heavy atom. The van der Waals surface area contributed by atoms with Crippen LogP contribution in [0.2, 0.25) is 0 Å². The van der Waals surface area contributed by atoms with E-state index in [0.717, 1.165) is 12.8 Å². The maximum Gasteiger partial charge on any atom is 0.319 e. The van der Waals surface area contributed by atoms with Crippen molar-refractivity contribution in [1.82, 2.24) is 0 Å². The third-order valence-corrected chi connectivity index (χ3v) is 3.00. The van der Waals surface area contributed by atoms with E-state index in [4.69, 9.17) is 4.74 Å². The molecule has 0 saturated heterocycles. The second-order valence-electron chi connectivity index (χ2n) is 3.83. The molecule has 88 valence electrons. The number of esters is 1. The van der Waals surface area contributed by atoms with Crippen molar-refractivity contribution in [1.29, 1.82) is 0 Å². The highest BCUT2D eigenvalue weighted by Gasteiger charge is 2.41. The number of Topliss-reactive ketones (excluding diaryl/α,β-unsaturated/α-hetero) is 1. The van der Waals surface area contributed by atoms with Gasteiger partial charge in [0.2, 0.25) is 0 Å². The number of ether oxygens (including phenoxy) is 1. The monoisotopic (exact) mass is 214 g/mol. The molecule has 0 aliphatic rings. The summed E-state index contributed by atoms with van der Waals surface area (Å²) in [6, 6.07) is 0. The minimum atomic E-state index is -0.909. The smallest absolute Gasteiger partial charge is 0.319 e. The van der Waals surface area contributed by atoms with Gasteiger partial charge in [0.1, 0.15) is 11.2 Å². The molecule has 0 unspecified atom stereocenters. The molecule has 0 bridgehead atoms. The number of carbonyl (C=O) groups is 2. The Kier molecular flexibility index (Phi) is 6.21. The van der Waals surface area contributed by atoms with Crippen molar-refractivity contribution in [3.05, 3.63) is 0 Å². The van der Waals surface area contributed by atoms with E-state index in [1.54, 1.807) is 0 Å². The van der Waals surface area contributed by atoms with Gasteiger partial charge in [0.15, 0.2) is 0 Å². The van der Waals surface area contributed by atoms with Gasteiger partial charge < -0.3 is 4.74 Å². The Hall–Kier alpha value is -0.860. The van der Waals surface area contributed by atoms with Gasteiger partial charge in [0, 0.05) is 0 Å². The van der Waals surface area contributed by atoms with Crippen LogP contribution in [0, 0.1) is 5.41 Å². The van der Waals surface area contributed by atoms with Gasteiger partial charge in [-0.1, -0.05) is 27.2 Å². The molecule has 3 heteroatoms. The van der Waals surface area contributed by atoms with E-state index in [1.165, 1.54) is 6.92 Å². The van der Waals surface area contributed by atoms with E-state index in [2.05, 4.69) is 0 Å². The van der Waals surface area contributed by atoms with Crippen molar-refractivity contribution in [3.8, 4) is 0 Å². The lowest BCUT2D eigenvalue weighted by Gasteiger charge is -2.26. The first-order valence-corrected chi connectivity index (χ1v) is 5.73. The van der Waals surface area contributed by atoms with Crippen LogP contribution in [-0.4, -0.2) is 18.4 Å². The van der Waals surface area contributed by atoms with Gasteiger partial charge in [-0.05, 0) is 26.2 Å². The first-order valence-electron chi connectivity index (χ1n) is 5.73. The number of rotatable bonds is 7. The molecule has 0 amide bonds. The Balaban J connectivity index is 4.49. The highest BCUT2D eigenvalue weighted by atomic mass is 16.5. The molecule has 0 rings (SSSR count). The summed E-state index contributed by atoms with van der Waals surface area (Å²) >= 11 is 0. The van der Waals surface area contributed by atoms with Crippen molar-refractivity contribution in [2.75, 3.05) is 6.61 Å². The topological polar surface area (TPSA) is 43.4 Å². The molecule has 0 spiro atoms. The summed E-state index contributed by atoms with van der Waals surface area (Å²) in [6.07, 6.45) is 2.87. The lowest BCUT2D eigenvalue weighted by molar-refractivity contribution is -0.160. The van der Waals surface area contributed by atoms with Gasteiger partial charge in [0.05, 0.1) is 6.61 Å². The number of ketones is 1. The van der Waals surface area contributed by atoms with Crippen LogP contribution in [0.4, 0.5) is 0 Å². The Bertz CT molecular complexity index is 217. The van der Waals surface area contributed by atoms with Crippen LogP contribution in [0.1, 0.15) is 53.4 Å². The second kappa shape index (κ2) is 6.59. The van der Waals surface area contributed by atoms with E-state index in [-0.39, 0.29) is 11.8 Å². The number of carbonyl (C=O) groups excluding carboxylic acids is 2. The van der Waals surface area contributed by atoms with Gasteiger partial charge >= 0.3 is 5.97 Å². The zero-order chi connectivity index (χ0) is 11.9. The van der Waals surface area contributed by atoms with Crippen LogP contribution in [0.3, 0.4) is 0 Å². The van der Waals surface area contributed by atoms with Gasteiger partial charge in [-0.3, -0.25) is 9.59 Å². The van der Waals surface area contributed by atoms with Crippen LogP contribution >= 0.6 is 0 Å². The first-order chi connectivity index (χ1) is 7.05. The summed E-state index contributed by atoms with van der Waals surface area (Å²) in [7, 11) is 0. The lowest BCUT2D eigenvalue weighted by atomic mass is 9.79. The molecule has 0 radical (unpaired) electrons. The Labute approximate surface area is 92.2 Å². The molecular formula is C12H22O3. The summed E-state index contributed by atoms with van der Waals surface area (Å²) in [6.45, 7) is 7.63. The molecule has 0 heterocycles. The van der Waals surface area contributed by atoms with E-state index in [1.807, 2.05) is 20.8 Å². The van der Waals surface area contributed by atoms with Gasteiger partial charge in [-0.25, -0.2) is 0 Å². The standard InChI is InChI=1S/C12H22O3/c1-5-8-9-15-11(14)12(6-2,7-3)10(4)13/h5-9H2,1-4H3. The molecular weight excluding hydrogens is 192 g/mol. The third-order valence-electron chi connectivity index (χ3n) is 3.00. The number of hydrogen-bond donors (Lipinski definition) is 0. The quantitative estimate of drug-likeness (QED) is 0.372.